The van der Waals surface area contributed by atoms with Crippen molar-refractivity contribution < 1.29 is 9.53 Å². The second kappa shape index (κ2) is 10.1. The molecule has 2 heterocycles. The summed E-state index contributed by atoms with van der Waals surface area (Å²) in [6, 6.07) is 14.0. The molecule has 1 aliphatic rings. The molecule has 1 aliphatic heterocycles. The number of piperazine rings is 1. The molecule has 4 rings (SSSR count). The maximum atomic E-state index is 12.9. The van der Waals surface area contributed by atoms with Crippen LogP contribution in [0.3, 0.4) is 0 Å². The summed E-state index contributed by atoms with van der Waals surface area (Å²) in [5, 5.41) is 1.06. The SMILES string of the molecule is CCCCCOc1ccc(C(=O)N2CCN(c3nc4c(CC)cccc4s3)CC2)cc1. The molecule has 0 aliphatic carbocycles. The summed E-state index contributed by atoms with van der Waals surface area (Å²) < 4.78 is 7.00. The summed E-state index contributed by atoms with van der Waals surface area (Å²) >= 11 is 1.75. The Morgan fingerprint density at radius 3 is 2.52 bits per heavy atom. The maximum absolute atomic E-state index is 12.9. The zero-order chi connectivity index (χ0) is 21.6. The van der Waals surface area contributed by atoms with E-state index in [9.17, 15) is 4.79 Å². The average molecular weight is 438 g/mol. The summed E-state index contributed by atoms with van der Waals surface area (Å²) in [5.74, 6) is 0.925. The van der Waals surface area contributed by atoms with Crippen molar-refractivity contribution in [3.05, 3.63) is 53.6 Å². The highest BCUT2D eigenvalue weighted by atomic mass is 32.1. The molecule has 2 aromatic carbocycles. The molecule has 5 nitrogen and oxygen atoms in total. The molecule has 0 bridgehead atoms. The van der Waals surface area contributed by atoms with Crippen molar-refractivity contribution in [2.45, 2.75) is 39.5 Å². The fourth-order valence-corrected chi connectivity index (χ4v) is 5.00. The standard InChI is InChI=1S/C25H31N3O2S/c1-3-5-6-18-30-21-12-10-20(11-13-21)24(29)27-14-16-28(17-15-27)25-26-23-19(4-2)8-7-9-22(23)31-25/h7-13H,3-6,14-18H2,1-2H3. The minimum absolute atomic E-state index is 0.0924. The van der Waals surface area contributed by atoms with Gasteiger partial charge in [-0.25, -0.2) is 4.98 Å². The van der Waals surface area contributed by atoms with Crippen molar-refractivity contribution >= 4 is 32.6 Å². The van der Waals surface area contributed by atoms with E-state index in [4.69, 9.17) is 9.72 Å². The van der Waals surface area contributed by atoms with Crippen LogP contribution in [0, 0.1) is 0 Å². The van der Waals surface area contributed by atoms with Crippen LogP contribution in [0.25, 0.3) is 10.2 Å². The predicted molar refractivity (Wildman–Crippen MR) is 129 cm³/mol. The fourth-order valence-electron chi connectivity index (χ4n) is 3.93. The summed E-state index contributed by atoms with van der Waals surface area (Å²) in [5.41, 5.74) is 3.15. The van der Waals surface area contributed by atoms with Crippen LogP contribution in [0.5, 0.6) is 5.75 Å². The molecule has 1 fully saturated rings. The van der Waals surface area contributed by atoms with E-state index in [-0.39, 0.29) is 5.91 Å². The molecule has 6 heteroatoms. The number of carbonyl (C=O) groups excluding carboxylic acids is 1. The molecule has 1 saturated heterocycles. The van der Waals surface area contributed by atoms with Gasteiger partial charge in [0.25, 0.3) is 5.91 Å². The van der Waals surface area contributed by atoms with E-state index in [0.717, 1.165) is 54.5 Å². The van der Waals surface area contributed by atoms with E-state index in [2.05, 4.69) is 36.9 Å². The number of thiazole rings is 1. The van der Waals surface area contributed by atoms with Gasteiger partial charge in [0.15, 0.2) is 5.13 Å². The lowest BCUT2D eigenvalue weighted by molar-refractivity contribution is 0.0746. The van der Waals surface area contributed by atoms with Crippen LogP contribution < -0.4 is 9.64 Å². The number of benzene rings is 2. The highest BCUT2D eigenvalue weighted by molar-refractivity contribution is 7.22. The van der Waals surface area contributed by atoms with Gasteiger partial charge in [-0.3, -0.25) is 4.79 Å². The minimum atomic E-state index is 0.0924. The number of hydrogen-bond acceptors (Lipinski definition) is 5. The minimum Gasteiger partial charge on any atom is -0.494 e. The number of ether oxygens (including phenoxy) is 1. The molecule has 1 amide bonds. The quantitative estimate of drug-likeness (QED) is 0.443. The Hall–Kier alpha value is -2.60. The van der Waals surface area contributed by atoms with Gasteiger partial charge >= 0.3 is 0 Å². The van der Waals surface area contributed by atoms with Crippen LogP contribution in [0.4, 0.5) is 5.13 Å². The topological polar surface area (TPSA) is 45.7 Å². The van der Waals surface area contributed by atoms with Gasteiger partial charge in [0.05, 0.1) is 16.8 Å². The van der Waals surface area contributed by atoms with E-state index in [1.165, 1.54) is 23.1 Å². The second-order valence-electron chi connectivity index (χ2n) is 7.97. The van der Waals surface area contributed by atoms with Crippen molar-refractivity contribution in [2.75, 3.05) is 37.7 Å². The number of carbonyl (C=O) groups is 1. The first kappa shape index (κ1) is 21.6. The van der Waals surface area contributed by atoms with Gasteiger partial charge in [-0.1, -0.05) is 50.2 Å². The number of anilines is 1. The van der Waals surface area contributed by atoms with Crippen LogP contribution in [0.2, 0.25) is 0 Å². The van der Waals surface area contributed by atoms with Crippen molar-refractivity contribution in [2.24, 2.45) is 0 Å². The van der Waals surface area contributed by atoms with E-state index in [1.54, 1.807) is 11.3 Å². The largest absolute Gasteiger partial charge is 0.494 e. The first-order valence-electron chi connectivity index (χ1n) is 11.3. The molecule has 31 heavy (non-hydrogen) atoms. The molecule has 0 atom stereocenters. The van der Waals surface area contributed by atoms with Crippen LogP contribution in [-0.4, -0.2) is 48.6 Å². The Labute approximate surface area is 188 Å². The fraction of sp³-hybridized carbons (Fsp3) is 0.440. The number of para-hydroxylation sites is 1. The average Bonchev–Trinajstić information content (AvgIpc) is 3.26. The number of fused-ring (bicyclic) bond motifs is 1. The molecular formula is C25H31N3O2S. The monoisotopic (exact) mass is 437 g/mol. The van der Waals surface area contributed by atoms with Crippen molar-refractivity contribution in [1.29, 1.82) is 0 Å². The normalized spacial score (nSPS) is 14.3. The Balaban J connectivity index is 1.34. The number of nitrogens with zero attached hydrogens (tertiary/aromatic N) is 3. The summed E-state index contributed by atoms with van der Waals surface area (Å²) in [6.45, 7) is 8.13. The van der Waals surface area contributed by atoms with Crippen LogP contribution in [0.15, 0.2) is 42.5 Å². The molecule has 1 aromatic heterocycles. The first-order valence-corrected chi connectivity index (χ1v) is 12.2. The lowest BCUT2D eigenvalue weighted by Gasteiger charge is -2.34. The van der Waals surface area contributed by atoms with E-state index in [0.29, 0.717) is 13.1 Å². The summed E-state index contributed by atoms with van der Waals surface area (Å²) in [7, 11) is 0. The highest BCUT2D eigenvalue weighted by Gasteiger charge is 2.24. The lowest BCUT2D eigenvalue weighted by atomic mass is 10.1. The molecule has 0 radical (unpaired) electrons. The Morgan fingerprint density at radius 2 is 1.81 bits per heavy atom. The maximum Gasteiger partial charge on any atom is 0.253 e. The third-order valence-electron chi connectivity index (χ3n) is 5.83. The molecule has 0 unspecified atom stereocenters. The molecular weight excluding hydrogens is 406 g/mol. The highest BCUT2D eigenvalue weighted by Crippen LogP contribution is 2.31. The third-order valence-corrected chi connectivity index (χ3v) is 6.91. The second-order valence-corrected chi connectivity index (χ2v) is 8.98. The number of hydrogen-bond donors (Lipinski definition) is 0. The van der Waals surface area contributed by atoms with E-state index < -0.39 is 0 Å². The van der Waals surface area contributed by atoms with Gasteiger partial charge in [-0.2, -0.15) is 0 Å². The van der Waals surface area contributed by atoms with E-state index >= 15 is 0 Å². The first-order chi connectivity index (χ1) is 15.2. The van der Waals surface area contributed by atoms with Crippen LogP contribution in [0.1, 0.15) is 49.0 Å². The number of amides is 1. The Kier molecular flexibility index (Phi) is 7.07. The van der Waals surface area contributed by atoms with Crippen molar-refractivity contribution in [1.82, 2.24) is 9.88 Å². The predicted octanol–water partition coefficient (Wildman–Crippen LogP) is 5.39. The lowest BCUT2D eigenvalue weighted by Crippen LogP contribution is -2.48. The Bertz CT molecular complexity index is 1010. The van der Waals surface area contributed by atoms with Gasteiger partial charge in [0.2, 0.25) is 0 Å². The molecule has 0 saturated carbocycles. The summed E-state index contributed by atoms with van der Waals surface area (Å²) in [4.78, 5) is 22.1. The number of aryl methyl sites for hydroxylation is 1. The van der Waals surface area contributed by atoms with Gasteiger partial charge in [0, 0.05) is 31.7 Å². The molecule has 0 N–H and O–H groups in total. The van der Waals surface area contributed by atoms with Gasteiger partial charge in [-0.05, 0) is 48.7 Å². The molecule has 0 spiro atoms. The molecule has 164 valence electrons. The summed E-state index contributed by atoms with van der Waals surface area (Å²) in [6.07, 6.45) is 4.42. The smallest absolute Gasteiger partial charge is 0.253 e. The Morgan fingerprint density at radius 1 is 1.03 bits per heavy atom. The molecule has 3 aromatic rings. The number of rotatable bonds is 8. The van der Waals surface area contributed by atoms with Crippen LogP contribution >= 0.6 is 11.3 Å². The van der Waals surface area contributed by atoms with Gasteiger partial charge in [-0.15, -0.1) is 0 Å². The third kappa shape index (κ3) is 5.01. The van der Waals surface area contributed by atoms with Crippen LogP contribution in [-0.2, 0) is 6.42 Å². The van der Waals surface area contributed by atoms with Crippen molar-refractivity contribution in [3.63, 3.8) is 0 Å². The number of aromatic nitrogens is 1. The zero-order valence-electron chi connectivity index (χ0n) is 18.5. The van der Waals surface area contributed by atoms with Gasteiger partial charge in [0.1, 0.15) is 5.75 Å². The van der Waals surface area contributed by atoms with Crippen molar-refractivity contribution in [3.8, 4) is 5.75 Å². The van der Waals surface area contributed by atoms with E-state index in [1.807, 2.05) is 29.2 Å². The number of unbranched alkanes of at least 4 members (excludes halogenated alkanes) is 2. The zero-order valence-corrected chi connectivity index (χ0v) is 19.3. The van der Waals surface area contributed by atoms with Gasteiger partial charge < -0.3 is 14.5 Å².